The number of anilines is 1. The van der Waals surface area contributed by atoms with Crippen molar-refractivity contribution < 1.29 is 8.42 Å². The van der Waals surface area contributed by atoms with E-state index in [-0.39, 0.29) is 4.90 Å². The smallest absolute Gasteiger partial charge is 0.243 e. The molecule has 2 heterocycles. The largest absolute Gasteiger partial charge is 0.352 e. The zero-order valence-corrected chi connectivity index (χ0v) is 16.6. The number of hydrogen-bond donors (Lipinski definition) is 0. The van der Waals surface area contributed by atoms with Crippen LogP contribution in [0.15, 0.2) is 71.6 Å². The van der Waals surface area contributed by atoms with E-state index in [0.717, 1.165) is 17.1 Å². The first-order valence-corrected chi connectivity index (χ1v) is 10.8. The zero-order chi connectivity index (χ0) is 19.6. The highest BCUT2D eigenvalue weighted by atomic mass is 35.5. The molecule has 3 aromatic rings. The number of halogens is 1. The van der Waals surface area contributed by atoms with Gasteiger partial charge in [0.15, 0.2) is 5.82 Å². The molecule has 0 amide bonds. The predicted molar refractivity (Wildman–Crippen MR) is 110 cm³/mol. The lowest BCUT2D eigenvalue weighted by atomic mass is 10.1. The topological polar surface area (TPSA) is 66.4 Å². The Bertz CT molecular complexity index is 1050. The highest BCUT2D eigenvalue weighted by Gasteiger charge is 2.29. The Kier molecular flexibility index (Phi) is 5.30. The highest BCUT2D eigenvalue weighted by Crippen LogP contribution is 2.23. The van der Waals surface area contributed by atoms with Crippen molar-refractivity contribution in [2.45, 2.75) is 4.90 Å². The summed E-state index contributed by atoms with van der Waals surface area (Å²) < 4.78 is 27.1. The van der Waals surface area contributed by atoms with Gasteiger partial charge in [-0.15, -0.1) is 10.2 Å². The summed E-state index contributed by atoms with van der Waals surface area (Å²) >= 11 is 5.94. The summed E-state index contributed by atoms with van der Waals surface area (Å²) in [6.07, 6.45) is 0. The fraction of sp³-hybridized carbons (Fsp3) is 0.200. The number of rotatable bonds is 4. The number of nitrogens with zero attached hydrogens (tertiary/aromatic N) is 4. The van der Waals surface area contributed by atoms with Crippen molar-refractivity contribution in [3.63, 3.8) is 0 Å². The van der Waals surface area contributed by atoms with Crippen LogP contribution >= 0.6 is 11.6 Å². The quantitative estimate of drug-likeness (QED) is 0.655. The third-order valence-corrected chi connectivity index (χ3v) is 6.85. The molecule has 0 atom stereocenters. The molecule has 0 unspecified atom stereocenters. The van der Waals surface area contributed by atoms with Crippen LogP contribution in [0.1, 0.15) is 0 Å². The summed E-state index contributed by atoms with van der Waals surface area (Å²) in [6, 6.07) is 20.1. The maximum absolute atomic E-state index is 12.8. The van der Waals surface area contributed by atoms with Crippen molar-refractivity contribution >= 4 is 27.4 Å². The SMILES string of the molecule is O=S(=O)(c1cccc(Cl)c1)N1CCN(c2ccc(-c3ccccc3)nn2)CC1. The van der Waals surface area contributed by atoms with Gasteiger partial charge in [-0.25, -0.2) is 8.42 Å². The van der Waals surface area contributed by atoms with Crippen molar-refractivity contribution in [1.82, 2.24) is 14.5 Å². The van der Waals surface area contributed by atoms with Crippen LogP contribution in [0.3, 0.4) is 0 Å². The van der Waals surface area contributed by atoms with Gasteiger partial charge in [0, 0.05) is 36.8 Å². The van der Waals surface area contributed by atoms with Crippen molar-refractivity contribution in [3.05, 3.63) is 71.8 Å². The molecular weight excluding hydrogens is 396 g/mol. The van der Waals surface area contributed by atoms with Crippen LogP contribution in [0, 0.1) is 0 Å². The number of piperazine rings is 1. The molecule has 1 saturated heterocycles. The molecule has 2 aromatic carbocycles. The van der Waals surface area contributed by atoms with E-state index in [9.17, 15) is 8.42 Å². The van der Waals surface area contributed by atoms with E-state index in [1.165, 1.54) is 10.4 Å². The zero-order valence-electron chi connectivity index (χ0n) is 15.1. The molecule has 0 spiro atoms. The molecule has 1 aromatic heterocycles. The van der Waals surface area contributed by atoms with Crippen LogP contribution < -0.4 is 4.90 Å². The van der Waals surface area contributed by atoms with Gasteiger partial charge in [0.05, 0.1) is 10.6 Å². The minimum Gasteiger partial charge on any atom is -0.352 e. The second-order valence-corrected chi connectivity index (χ2v) is 8.87. The fourth-order valence-electron chi connectivity index (χ4n) is 3.19. The molecule has 1 aliphatic heterocycles. The van der Waals surface area contributed by atoms with E-state index in [2.05, 4.69) is 10.2 Å². The average molecular weight is 415 g/mol. The van der Waals surface area contributed by atoms with Gasteiger partial charge in [0.2, 0.25) is 10.0 Å². The minimum atomic E-state index is -3.55. The molecule has 144 valence electrons. The van der Waals surface area contributed by atoms with Crippen LogP contribution in [-0.4, -0.2) is 49.1 Å². The molecule has 6 nitrogen and oxygen atoms in total. The van der Waals surface area contributed by atoms with Crippen LogP contribution in [-0.2, 0) is 10.0 Å². The van der Waals surface area contributed by atoms with Crippen LogP contribution in [0.2, 0.25) is 5.02 Å². The summed E-state index contributed by atoms with van der Waals surface area (Å²) in [5, 5.41) is 9.05. The lowest BCUT2D eigenvalue weighted by Gasteiger charge is -2.34. The van der Waals surface area contributed by atoms with Gasteiger partial charge in [0.1, 0.15) is 0 Å². The molecule has 28 heavy (non-hydrogen) atoms. The van der Waals surface area contributed by atoms with Gasteiger partial charge < -0.3 is 4.90 Å². The monoisotopic (exact) mass is 414 g/mol. The van der Waals surface area contributed by atoms with E-state index < -0.39 is 10.0 Å². The molecule has 0 aliphatic carbocycles. The van der Waals surface area contributed by atoms with Crippen molar-refractivity contribution in [1.29, 1.82) is 0 Å². The Hall–Kier alpha value is -2.48. The summed E-state index contributed by atoms with van der Waals surface area (Å²) in [5.41, 5.74) is 1.82. The first kappa shape index (κ1) is 18.9. The lowest BCUT2D eigenvalue weighted by Crippen LogP contribution is -2.49. The molecule has 0 saturated carbocycles. The van der Waals surface area contributed by atoms with Crippen molar-refractivity contribution in [2.24, 2.45) is 0 Å². The standard InChI is InChI=1S/C20H19ClN4O2S/c21-17-7-4-8-18(15-17)28(26,27)25-13-11-24(12-14-25)20-10-9-19(22-23-20)16-5-2-1-3-6-16/h1-10,15H,11-14H2. The van der Waals surface area contributed by atoms with Gasteiger partial charge in [-0.2, -0.15) is 4.31 Å². The average Bonchev–Trinajstić information content (AvgIpc) is 2.75. The fourth-order valence-corrected chi connectivity index (χ4v) is 4.91. The minimum absolute atomic E-state index is 0.223. The Balaban J connectivity index is 1.44. The van der Waals surface area contributed by atoms with Gasteiger partial charge in [-0.1, -0.05) is 48.0 Å². The number of aromatic nitrogens is 2. The van der Waals surface area contributed by atoms with E-state index in [4.69, 9.17) is 11.6 Å². The van der Waals surface area contributed by atoms with E-state index >= 15 is 0 Å². The van der Waals surface area contributed by atoms with Gasteiger partial charge in [0.25, 0.3) is 0 Å². The predicted octanol–water partition coefficient (Wildman–Crippen LogP) is 3.31. The number of benzene rings is 2. The van der Waals surface area contributed by atoms with Crippen LogP contribution in [0.25, 0.3) is 11.3 Å². The third-order valence-electron chi connectivity index (χ3n) is 4.72. The first-order valence-electron chi connectivity index (χ1n) is 8.94. The van der Waals surface area contributed by atoms with Gasteiger partial charge >= 0.3 is 0 Å². The van der Waals surface area contributed by atoms with E-state index in [0.29, 0.717) is 31.2 Å². The lowest BCUT2D eigenvalue weighted by molar-refractivity contribution is 0.383. The van der Waals surface area contributed by atoms with Crippen LogP contribution in [0.5, 0.6) is 0 Å². The van der Waals surface area contributed by atoms with Crippen molar-refractivity contribution in [2.75, 3.05) is 31.1 Å². The van der Waals surface area contributed by atoms with E-state index in [1.54, 1.807) is 18.2 Å². The maximum atomic E-state index is 12.8. The molecule has 0 bridgehead atoms. The molecule has 1 aliphatic rings. The number of hydrogen-bond acceptors (Lipinski definition) is 5. The molecule has 8 heteroatoms. The summed E-state index contributed by atoms with van der Waals surface area (Å²) in [5.74, 6) is 0.750. The molecular formula is C20H19ClN4O2S. The molecule has 1 fully saturated rings. The third kappa shape index (κ3) is 3.87. The normalized spacial score (nSPS) is 15.5. The molecule has 0 N–H and O–H groups in total. The Morgan fingerprint density at radius 2 is 1.57 bits per heavy atom. The highest BCUT2D eigenvalue weighted by molar-refractivity contribution is 7.89. The second kappa shape index (κ2) is 7.87. The van der Waals surface area contributed by atoms with E-state index in [1.807, 2.05) is 47.4 Å². The Morgan fingerprint density at radius 3 is 2.21 bits per heavy atom. The second-order valence-electron chi connectivity index (χ2n) is 6.49. The summed E-state index contributed by atoms with van der Waals surface area (Å²) in [7, 11) is -3.55. The van der Waals surface area contributed by atoms with Crippen LogP contribution in [0.4, 0.5) is 5.82 Å². The van der Waals surface area contributed by atoms with Gasteiger partial charge in [-0.05, 0) is 30.3 Å². The molecule has 0 radical (unpaired) electrons. The Labute approximate surface area is 169 Å². The Morgan fingerprint density at radius 1 is 0.821 bits per heavy atom. The first-order chi connectivity index (χ1) is 13.5. The molecule has 4 rings (SSSR count). The van der Waals surface area contributed by atoms with Gasteiger partial charge in [-0.3, -0.25) is 0 Å². The van der Waals surface area contributed by atoms with Crippen molar-refractivity contribution in [3.8, 4) is 11.3 Å². The maximum Gasteiger partial charge on any atom is 0.243 e. The summed E-state index contributed by atoms with van der Waals surface area (Å²) in [6.45, 7) is 1.88. The number of sulfonamides is 1. The summed E-state index contributed by atoms with van der Waals surface area (Å²) in [4.78, 5) is 2.27.